The van der Waals surface area contributed by atoms with Gasteiger partial charge in [-0.1, -0.05) is 41.4 Å². The van der Waals surface area contributed by atoms with Crippen LogP contribution in [0, 0.1) is 20.8 Å². The van der Waals surface area contributed by atoms with Crippen LogP contribution in [0.3, 0.4) is 0 Å². The van der Waals surface area contributed by atoms with E-state index in [4.69, 9.17) is 27.9 Å². The number of nitrogens with one attached hydrogen (secondary N) is 1. The van der Waals surface area contributed by atoms with Gasteiger partial charge in [0.2, 0.25) is 0 Å². The summed E-state index contributed by atoms with van der Waals surface area (Å²) in [6.07, 6.45) is 1.76. The van der Waals surface area contributed by atoms with Gasteiger partial charge in [-0.05, 0) is 79.4 Å². The van der Waals surface area contributed by atoms with Gasteiger partial charge in [0.25, 0.3) is 5.91 Å². The first kappa shape index (κ1) is 21.9. The second-order valence-electron chi connectivity index (χ2n) is 7.04. The summed E-state index contributed by atoms with van der Waals surface area (Å²) in [7, 11) is 0. The molecule has 6 heteroatoms. The summed E-state index contributed by atoms with van der Waals surface area (Å²) < 4.78 is 5.56. The fourth-order valence-corrected chi connectivity index (χ4v) is 3.15. The molecule has 0 aliphatic heterocycles. The first-order valence-electron chi connectivity index (χ1n) is 9.41. The SMILES string of the molecule is Cc1ccc(C)c(N=Cc2ccc(OCC(=O)Nc3ccc(C)c(Cl)c3)c(Cl)c2)c1. The maximum absolute atomic E-state index is 12.1. The van der Waals surface area contributed by atoms with Crippen LogP contribution in [0.1, 0.15) is 22.3 Å². The molecule has 1 N–H and O–H groups in total. The highest BCUT2D eigenvalue weighted by Gasteiger charge is 2.08. The number of aliphatic imine (C=N–C) groups is 1. The Morgan fingerprint density at radius 3 is 2.47 bits per heavy atom. The zero-order valence-electron chi connectivity index (χ0n) is 17.0. The van der Waals surface area contributed by atoms with Crippen LogP contribution < -0.4 is 10.1 Å². The van der Waals surface area contributed by atoms with Gasteiger partial charge in [-0.15, -0.1) is 0 Å². The Hall–Kier alpha value is -2.82. The summed E-state index contributed by atoms with van der Waals surface area (Å²) in [4.78, 5) is 16.7. The van der Waals surface area contributed by atoms with Gasteiger partial charge in [0.1, 0.15) is 5.75 Å². The molecule has 0 aliphatic carbocycles. The second-order valence-corrected chi connectivity index (χ2v) is 7.85. The van der Waals surface area contributed by atoms with Gasteiger partial charge >= 0.3 is 0 Å². The topological polar surface area (TPSA) is 50.7 Å². The van der Waals surface area contributed by atoms with Crippen LogP contribution in [0.25, 0.3) is 0 Å². The van der Waals surface area contributed by atoms with E-state index in [1.54, 1.807) is 30.5 Å². The smallest absolute Gasteiger partial charge is 0.262 e. The molecule has 3 aromatic carbocycles. The number of rotatable bonds is 6. The fraction of sp³-hybridized carbons (Fsp3) is 0.167. The predicted octanol–water partition coefficient (Wildman–Crippen LogP) is 6.69. The molecule has 0 unspecified atom stereocenters. The number of benzene rings is 3. The number of amides is 1. The van der Waals surface area contributed by atoms with Crippen molar-refractivity contribution in [1.29, 1.82) is 0 Å². The average Bonchev–Trinajstić information content (AvgIpc) is 2.70. The summed E-state index contributed by atoms with van der Waals surface area (Å²) in [5, 5.41) is 3.75. The zero-order valence-corrected chi connectivity index (χ0v) is 18.5. The van der Waals surface area contributed by atoms with E-state index in [2.05, 4.69) is 16.4 Å². The van der Waals surface area contributed by atoms with Gasteiger partial charge < -0.3 is 10.1 Å². The van der Waals surface area contributed by atoms with Crippen molar-refractivity contribution >= 4 is 46.7 Å². The first-order chi connectivity index (χ1) is 14.3. The third-order valence-electron chi connectivity index (χ3n) is 4.49. The lowest BCUT2D eigenvalue weighted by Crippen LogP contribution is -2.20. The summed E-state index contributed by atoms with van der Waals surface area (Å²) in [5.41, 5.74) is 5.57. The molecule has 0 spiro atoms. The zero-order chi connectivity index (χ0) is 21.7. The lowest BCUT2D eigenvalue weighted by atomic mass is 10.1. The fourth-order valence-electron chi connectivity index (χ4n) is 2.73. The number of halogens is 2. The number of carbonyl (C=O) groups excluding carboxylic acids is 1. The molecule has 0 saturated carbocycles. The number of anilines is 1. The van der Waals surface area contributed by atoms with E-state index in [0.29, 0.717) is 21.5 Å². The Labute approximate surface area is 186 Å². The second kappa shape index (κ2) is 9.79. The molecule has 0 heterocycles. The molecule has 0 radical (unpaired) electrons. The van der Waals surface area contributed by atoms with Gasteiger partial charge in [-0.3, -0.25) is 9.79 Å². The molecular formula is C24H22Cl2N2O2. The van der Waals surface area contributed by atoms with Crippen LogP contribution in [0.5, 0.6) is 5.75 Å². The average molecular weight is 441 g/mol. The highest BCUT2D eigenvalue weighted by Crippen LogP contribution is 2.26. The molecule has 0 bridgehead atoms. The van der Waals surface area contributed by atoms with Gasteiger partial charge in [0.15, 0.2) is 6.61 Å². The van der Waals surface area contributed by atoms with Crippen molar-refractivity contribution < 1.29 is 9.53 Å². The van der Waals surface area contributed by atoms with Crippen molar-refractivity contribution in [3.05, 3.63) is 86.9 Å². The largest absolute Gasteiger partial charge is 0.482 e. The standard InChI is InChI=1S/C24H22Cl2N2O2/c1-15-4-5-17(3)22(10-15)27-13-18-7-9-23(21(26)11-18)30-14-24(29)28-19-8-6-16(2)20(25)12-19/h4-13H,14H2,1-3H3,(H,28,29). The van der Waals surface area contributed by atoms with Crippen molar-refractivity contribution in [3.8, 4) is 5.75 Å². The van der Waals surface area contributed by atoms with Crippen LogP contribution in [0.2, 0.25) is 10.0 Å². The minimum atomic E-state index is -0.299. The Morgan fingerprint density at radius 2 is 1.73 bits per heavy atom. The lowest BCUT2D eigenvalue weighted by Gasteiger charge is -2.10. The van der Waals surface area contributed by atoms with Crippen LogP contribution in [-0.4, -0.2) is 18.7 Å². The van der Waals surface area contributed by atoms with Gasteiger partial charge in [0.05, 0.1) is 10.7 Å². The van der Waals surface area contributed by atoms with Crippen LogP contribution in [0.4, 0.5) is 11.4 Å². The Kier molecular flexibility index (Phi) is 7.14. The van der Waals surface area contributed by atoms with E-state index in [1.807, 2.05) is 45.0 Å². The molecule has 1 amide bonds. The van der Waals surface area contributed by atoms with E-state index in [0.717, 1.165) is 27.9 Å². The van der Waals surface area contributed by atoms with Crippen LogP contribution >= 0.6 is 23.2 Å². The molecule has 154 valence electrons. The van der Waals surface area contributed by atoms with E-state index >= 15 is 0 Å². The highest BCUT2D eigenvalue weighted by molar-refractivity contribution is 6.32. The first-order valence-corrected chi connectivity index (χ1v) is 10.2. The number of ether oxygens (including phenoxy) is 1. The van der Waals surface area contributed by atoms with Gasteiger partial charge in [0, 0.05) is 16.9 Å². The number of nitrogens with zero attached hydrogens (tertiary/aromatic N) is 1. The van der Waals surface area contributed by atoms with Crippen molar-refractivity contribution in [1.82, 2.24) is 0 Å². The number of carbonyl (C=O) groups is 1. The predicted molar refractivity (Wildman–Crippen MR) is 125 cm³/mol. The van der Waals surface area contributed by atoms with Crippen molar-refractivity contribution in [2.24, 2.45) is 4.99 Å². The lowest BCUT2D eigenvalue weighted by molar-refractivity contribution is -0.118. The summed E-state index contributed by atoms with van der Waals surface area (Å²) >= 11 is 12.4. The van der Waals surface area contributed by atoms with Crippen molar-refractivity contribution in [3.63, 3.8) is 0 Å². The van der Waals surface area contributed by atoms with Crippen molar-refractivity contribution in [2.45, 2.75) is 20.8 Å². The highest BCUT2D eigenvalue weighted by atomic mass is 35.5. The van der Waals surface area contributed by atoms with Crippen LogP contribution in [-0.2, 0) is 4.79 Å². The van der Waals surface area contributed by atoms with Gasteiger partial charge in [-0.25, -0.2) is 0 Å². The molecule has 30 heavy (non-hydrogen) atoms. The number of hydrogen-bond donors (Lipinski definition) is 1. The minimum absolute atomic E-state index is 0.166. The summed E-state index contributed by atoms with van der Waals surface area (Å²) in [5.74, 6) is 0.129. The molecule has 0 aliphatic rings. The third-order valence-corrected chi connectivity index (χ3v) is 5.19. The van der Waals surface area contributed by atoms with Crippen LogP contribution in [0.15, 0.2) is 59.6 Å². The third kappa shape index (κ3) is 5.85. The Morgan fingerprint density at radius 1 is 0.967 bits per heavy atom. The number of aryl methyl sites for hydroxylation is 3. The Bertz CT molecular complexity index is 1110. The monoisotopic (exact) mass is 440 g/mol. The molecule has 3 aromatic rings. The molecule has 4 nitrogen and oxygen atoms in total. The maximum atomic E-state index is 12.1. The molecule has 0 fully saturated rings. The molecule has 0 saturated heterocycles. The molecule has 0 aromatic heterocycles. The molecular weight excluding hydrogens is 419 g/mol. The number of hydrogen-bond acceptors (Lipinski definition) is 3. The quantitative estimate of drug-likeness (QED) is 0.434. The normalized spacial score (nSPS) is 11.0. The van der Waals surface area contributed by atoms with Gasteiger partial charge in [-0.2, -0.15) is 0 Å². The Balaban J connectivity index is 1.61. The maximum Gasteiger partial charge on any atom is 0.262 e. The van der Waals surface area contributed by atoms with E-state index < -0.39 is 0 Å². The van der Waals surface area contributed by atoms with E-state index in [-0.39, 0.29) is 12.5 Å². The summed E-state index contributed by atoms with van der Waals surface area (Å²) in [6, 6.07) is 16.8. The molecule has 3 rings (SSSR count). The molecule has 0 atom stereocenters. The minimum Gasteiger partial charge on any atom is -0.482 e. The van der Waals surface area contributed by atoms with E-state index in [9.17, 15) is 4.79 Å². The van der Waals surface area contributed by atoms with Crippen molar-refractivity contribution in [2.75, 3.05) is 11.9 Å². The summed E-state index contributed by atoms with van der Waals surface area (Å²) in [6.45, 7) is 5.78. The van der Waals surface area contributed by atoms with E-state index in [1.165, 1.54) is 0 Å².